The molecule has 1 amide bonds. The Balaban J connectivity index is 1.15. The lowest BCUT2D eigenvalue weighted by atomic mass is 10.1. The van der Waals surface area contributed by atoms with Crippen LogP contribution in [0.3, 0.4) is 0 Å². The number of rotatable bonds is 9. The zero-order valence-corrected chi connectivity index (χ0v) is 26.2. The molecule has 222 valence electrons. The first-order chi connectivity index (χ1) is 20.7. The summed E-state index contributed by atoms with van der Waals surface area (Å²) in [4.78, 5) is 21.9. The Bertz CT molecular complexity index is 1560. The third kappa shape index (κ3) is 8.38. The summed E-state index contributed by atoms with van der Waals surface area (Å²) in [6.07, 6.45) is 3.51. The van der Waals surface area contributed by atoms with Gasteiger partial charge in [-0.1, -0.05) is 65.2 Å². The molecular weight excluding hydrogens is 581 g/mol. The standard InChI is InChI=1S/C35H35Cl2N3O3/c1-24-4-6-28(7-5-24)23-42-31-12-13-33(38-21-31)43-34-25(2)18-29(20-32(34)37)19-26(3)35(41)40-16-14-39(15-17-40)22-27-8-10-30(36)11-9-27/h4-13,18-21H,14-17,22-23H2,1-3H3/b26-19+. The molecule has 4 aromatic rings. The maximum absolute atomic E-state index is 13.2. The van der Waals surface area contributed by atoms with Gasteiger partial charge in [-0.25, -0.2) is 4.98 Å². The summed E-state index contributed by atoms with van der Waals surface area (Å²) >= 11 is 12.6. The number of hydrogen-bond acceptors (Lipinski definition) is 5. The van der Waals surface area contributed by atoms with Crippen molar-refractivity contribution in [3.63, 3.8) is 0 Å². The van der Waals surface area contributed by atoms with Crippen molar-refractivity contribution in [3.05, 3.63) is 122 Å². The van der Waals surface area contributed by atoms with E-state index in [9.17, 15) is 4.79 Å². The highest BCUT2D eigenvalue weighted by atomic mass is 35.5. The number of nitrogens with zero attached hydrogens (tertiary/aromatic N) is 3. The van der Waals surface area contributed by atoms with E-state index in [2.05, 4.69) is 28.9 Å². The second-order valence-corrected chi connectivity index (χ2v) is 11.7. The Kier molecular flexibility index (Phi) is 10.0. The zero-order valence-electron chi connectivity index (χ0n) is 24.6. The highest BCUT2D eigenvalue weighted by molar-refractivity contribution is 6.32. The van der Waals surface area contributed by atoms with Gasteiger partial charge in [0.25, 0.3) is 0 Å². The molecule has 1 saturated heterocycles. The van der Waals surface area contributed by atoms with E-state index in [1.165, 1.54) is 11.1 Å². The van der Waals surface area contributed by atoms with Crippen molar-refractivity contribution in [3.8, 4) is 17.4 Å². The number of pyridine rings is 1. The van der Waals surface area contributed by atoms with E-state index < -0.39 is 0 Å². The average molecular weight is 617 g/mol. The molecule has 1 aliphatic rings. The van der Waals surface area contributed by atoms with E-state index in [0.717, 1.165) is 41.3 Å². The third-order valence-electron chi connectivity index (χ3n) is 7.39. The Labute approximate surface area is 263 Å². The summed E-state index contributed by atoms with van der Waals surface area (Å²) in [5, 5.41) is 1.19. The number of aromatic nitrogens is 1. The van der Waals surface area contributed by atoms with E-state index in [4.69, 9.17) is 32.7 Å². The smallest absolute Gasteiger partial charge is 0.249 e. The van der Waals surface area contributed by atoms with Gasteiger partial charge in [0.2, 0.25) is 11.8 Å². The van der Waals surface area contributed by atoms with Crippen molar-refractivity contribution >= 4 is 35.2 Å². The van der Waals surface area contributed by atoms with Gasteiger partial charge in [-0.2, -0.15) is 0 Å². The molecule has 6 nitrogen and oxygen atoms in total. The van der Waals surface area contributed by atoms with Crippen LogP contribution in [0.5, 0.6) is 17.4 Å². The Hall–Kier alpha value is -3.84. The number of piperazine rings is 1. The predicted molar refractivity (Wildman–Crippen MR) is 173 cm³/mol. The lowest BCUT2D eigenvalue weighted by Crippen LogP contribution is -2.48. The SMILES string of the molecule is C/C(=C\c1cc(C)c(Oc2ccc(OCc3ccc(C)cc3)cn2)c(Cl)c1)C(=O)N1CCN(Cc2ccc(Cl)cc2)CC1. The molecule has 8 heteroatoms. The lowest BCUT2D eigenvalue weighted by molar-refractivity contribution is -0.128. The second-order valence-electron chi connectivity index (χ2n) is 10.9. The number of carbonyl (C=O) groups is 1. The molecule has 3 aromatic carbocycles. The van der Waals surface area contributed by atoms with Crippen LogP contribution in [-0.4, -0.2) is 46.9 Å². The summed E-state index contributed by atoms with van der Waals surface area (Å²) < 4.78 is 11.9. The first-order valence-corrected chi connectivity index (χ1v) is 15.1. The molecule has 0 bridgehead atoms. The van der Waals surface area contributed by atoms with Crippen LogP contribution in [0.25, 0.3) is 6.08 Å². The van der Waals surface area contributed by atoms with Crippen molar-refractivity contribution in [2.75, 3.05) is 26.2 Å². The number of amides is 1. The molecule has 1 fully saturated rings. The van der Waals surface area contributed by atoms with E-state index in [1.54, 1.807) is 12.3 Å². The largest absolute Gasteiger partial charge is 0.487 e. The van der Waals surface area contributed by atoms with Gasteiger partial charge in [-0.05, 0) is 79.4 Å². The van der Waals surface area contributed by atoms with Crippen LogP contribution < -0.4 is 9.47 Å². The molecule has 0 saturated carbocycles. The predicted octanol–water partition coefficient (Wildman–Crippen LogP) is 8.12. The van der Waals surface area contributed by atoms with E-state index in [1.807, 2.05) is 79.4 Å². The first-order valence-electron chi connectivity index (χ1n) is 14.3. The molecular formula is C35H35Cl2N3O3. The zero-order chi connectivity index (χ0) is 30.3. The fourth-order valence-corrected chi connectivity index (χ4v) is 5.40. The summed E-state index contributed by atoms with van der Waals surface area (Å²) in [6.45, 7) is 10.2. The van der Waals surface area contributed by atoms with Crippen LogP contribution in [-0.2, 0) is 17.9 Å². The fourth-order valence-electron chi connectivity index (χ4n) is 4.96. The van der Waals surface area contributed by atoms with Crippen molar-refractivity contribution < 1.29 is 14.3 Å². The van der Waals surface area contributed by atoms with Crippen molar-refractivity contribution in [1.29, 1.82) is 0 Å². The highest BCUT2D eigenvalue weighted by Gasteiger charge is 2.22. The number of carbonyl (C=O) groups excluding carboxylic acids is 1. The maximum Gasteiger partial charge on any atom is 0.249 e. The van der Waals surface area contributed by atoms with Crippen LogP contribution in [0.1, 0.15) is 34.7 Å². The molecule has 0 atom stereocenters. The van der Waals surface area contributed by atoms with Crippen LogP contribution in [0, 0.1) is 13.8 Å². The summed E-state index contributed by atoms with van der Waals surface area (Å²) in [5.41, 5.74) is 5.87. The van der Waals surface area contributed by atoms with Crippen LogP contribution >= 0.6 is 23.2 Å². The minimum Gasteiger partial charge on any atom is -0.487 e. The molecule has 43 heavy (non-hydrogen) atoms. The van der Waals surface area contributed by atoms with Gasteiger partial charge >= 0.3 is 0 Å². The van der Waals surface area contributed by atoms with Gasteiger partial charge in [-0.15, -0.1) is 0 Å². The van der Waals surface area contributed by atoms with Crippen LogP contribution in [0.2, 0.25) is 10.0 Å². The van der Waals surface area contributed by atoms with Gasteiger partial charge in [0.15, 0.2) is 5.75 Å². The molecule has 2 heterocycles. The van der Waals surface area contributed by atoms with E-state index in [-0.39, 0.29) is 5.91 Å². The van der Waals surface area contributed by atoms with Gasteiger partial charge in [0, 0.05) is 49.4 Å². The number of halogens is 2. The van der Waals surface area contributed by atoms with Gasteiger partial charge in [0.1, 0.15) is 12.4 Å². The van der Waals surface area contributed by atoms with Crippen LogP contribution in [0.15, 0.2) is 84.6 Å². The Morgan fingerprint density at radius 2 is 1.60 bits per heavy atom. The molecule has 1 aliphatic heterocycles. The Morgan fingerprint density at radius 3 is 2.26 bits per heavy atom. The summed E-state index contributed by atoms with van der Waals surface area (Å²) in [7, 11) is 0. The molecule has 0 radical (unpaired) electrons. The monoisotopic (exact) mass is 615 g/mol. The topological polar surface area (TPSA) is 54.9 Å². The molecule has 5 rings (SSSR count). The Morgan fingerprint density at radius 1 is 0.907 bits per heavy atom. The molecule has 0 N–H and O–H groups in total. The first kappa shape index (κ1) is 30.6. The third-order valence-corrected chi connectivity index (χ3v) is 7.93. The van der Waals surface area contributed by atoms with Crippen molar-refractivity contribution in [2.45, 2.75) is 33.9 Å². The van der Waals surface area contributed by atoms with Crippen molar-refractivity contribution in [1.82, 2.24) is 14.8 Å². The van der Waals surface area contributed by atoms with Gasteiger partial charge < -0.3 is 14.4 Å². The molecule has 0 spiro atoms. The fraction of sp³-hybridized carbons (Fsp3) is 0.257. The molecule has 0 unspecified atom stereocenters. The highest BCUT2D eigenvalue weighted by Crippen LogP contribution is 2.34. The summed E-state index contributed by atoms with van der Waals surface area (Å²) in [5.74, 6) is 1.63. The van der Waals surface area contributed by atoms with Gasteiger partial charge in [0.05, 0.1) is 11.2 Å². The maximum atomic E-state index is 13.2. The van der Waals surface area contributed by atoms with Crippen molar-refractivity contribution in [2.24, 2.45) is 0 Å². The minimum atomic E-state index is 0.0362. The molecule has 0 aliphatic carbocycles. The van der Waals surface area contributed by atoms with E-state index in [0.29, 0.717) is 47.7 Å². The average Bonchev–Trinajstić information content (AvgIpc) is 3.00. The van der Waals surface area contributed by atoms with Gasteiger partial charge in [-0.3, -0.25) is 9.69 Å². The molecule has 1 aromatic heterocycles. The number of benzene rings is 3. The number of hydrogen-bond donors (Lipinski definition) is 0. The normalized spacial score (nSPS) is 14.1. The quantitative estimate of drug-likeness (QED) is 0.178. The van der Waals surface area contributed by atoms with E-state index >= 15 is 0 Å². The summed E-state index contributed by atoms with van der Waals surface area (Å²) in [6, 6.07) is 23.5. The minimum absolute atomic E-state index is 0.0362. The lowest BCUT2D eigenvalue weighted by Gasteiger charge is -2.35. The number of aryl methyl sites for hydroxylation is 2. The second kappa shape index (κ2) is 14.1. The van der Waals surface area contributed by atoms with Crippen LogP contribution in [0.4, 0.5) is 0 Å². The number of ether oxygens (including phenoxy) is 2.